The highest BCUT2D eigenvalue weighted by Crippen LogP contribution is 2.32. The number of carbonyl (C=O) groups excluding carboxylic acids is 1. The van der Waals surface area contributed by atoms with Crippen molar-refractivity contribution in [2.24, 2.45) is 5.92 Å². The Labute approximate surface area is 151 Å². The van der Waals surface area contributed by atoms with E-state index in [0.29, 0.717) is 18.2 Å². The van der Waals surface area contributed by atoms with E-state index in [1.807, 2.05) is 0 Å². The number of tetrazole rings is 1. The van der Waals surface area contributed by atoms with Gasteiger partial charge in [0.25, 0.3) is 11.1 Å². The largest absolute Gasteiger partial charge is 0.307 e. The summed E-state index contributed by atoms with van der Waals surface area (Å²) in [4.78, 5) is 22.1. The van der Waals surface area contributed by atoms with Gasteiger partial charge in [0.05, 0.1) is 18.1 Å². The average molecular weight is 379 g/mol. The summed E-state index contributed by atoms with van der Waals surface area (Å²) >= 11 is 0. The van der Waals surface area contributed by atoms with Crippen molar-refractivity contribution in [1.82, 2.24) is 30.2 Å². The molecule has 1 fully saturated rings. The van der Waals surface area contributed by atoms with Crippen LogP contribution in [0.15, 0.2) is 17.6 Å². The number of nitrogens with one attached hydrogen (secondary N) is 1. The second-order valence-corrected chi connectivity index (χ2v) is 8.51. The average Bonchev–Trinajstić information content (AvgIpc) is 3.25. The van der Waals surface area contributed by atoms with Crippen LogP contribution in [0.4, 0.5) is 5.82 Å². The van der Waals surface area contributed by atoms with Gasteiger partial charge in [-0.05, 0) is 24.5 Å². The third kappa shape index (κ3) is 4.40. The van der Waals surface area contributed by atoms with E-state index in [-0.39, 0.29) is 5.91 Å². The first-order chi connectivity index (χ1) is 12.3. The Kier molecular flexibility index (Phi) is 5.25. The van der Waals surface area contributed by atoms with Gasteiger partial charge in [0.1, 0.15) is 0 Å². The summed E-state index contributed by atoms with van der Waals surface area (Å²) in [7, 11) is -3.59. The Morgan fingerprint density at radius 3 is 2.62 bits per heavy atom. The van der Waals surface area contributed by atoms with Crippen LogP contribution in [0.2, 0.25) is 0 Å². The molecule has 1 N–H and O–H groups in total. The fourth-order valence-corrected chi connectivity index (χ4v) is 3.44. The minimum absolute atomic E-state index is 0.320. The minimum atomic E-state index is -3.59. The molecule has 2 heterocycles. The van der Waals surface area contributed by atoms with Crippen molar-refractivity contribution in [3.8, 4) is 0 Å². The van der Waals surface area contributed by atoms with E-state index in [1.165, 1.54) is 6.20 Å². The molecule has 0 saturated heterocycles. The number of carbonyl (C=O) groups is 1. The van der Waals surface area contributed by atoms with Crippen molar-refractivity contribution in [3.63, 3.8) is 0 Å². The van der Waals surface area contributed by atoms with Crippen LogP contribution >= 0.6 is 0 Å². The summed E-state index contributed by atoms with van der Waals surface area (Å²) in [5, 5.41) is 13.6. The lowest BCUT2D eigenvalue weighted by Crippen LogP contribution is -2.30. The van der Waals surface area contributed by atoms with Crippen LogP contribution in [-0.4, -0.2) is 50.8 Å². The van der Waals surface area contributed by atoms with E-state index in [1.54, 1.807) is 13.1 Å². The highest BCUT2D eigenvalue weighted by molar-refractivity contribution is 7.90. The molecule has 1 saturated carbocycles. The number of amides is 1. The van der Waals surface area contributed by atoms with Crippen molar-refractivity contribution in [1.29, 1.82) is 0 Å². The number of aryl methyl sites for hydroxylation is 1. The zero-order valence-electron chi connectivity index (χ0n) is 14.7. The molecule has 1 amide bonds. The summed E-state index contributed by atoms with van der Waals surface area (Å²) in [6.07, 6.45) is 8.85. The number of anilines is 1. The second kappa shape index (κ2) is 7.44. The molecule has 0 spiro atoms. The van der Waals surface area contributed by atoms with E-state index < -0.39 is 21.0 Å². The van der Waals surface area contributed by atoms with Crippen LogP contribution in [0.5, 0.6) is 0 Å². The highest BCUT2D eigenvalue weighted by atomic mass is 32.2. The molecule has 0 unspecified atom stereocenters. The normalized spacial score (nSPS) is 16.5. The molecule has 1 atom stereocenters. The summed E-state index contributed by atoms with van der Waals surface area (Å²) in [6, 6.07) is -0.760. The topological polar surface area (TPSA) is 133 Å². The third-order valence-corrected chi connectivity index (χ3v) is 5.21. The molecule has 0 aromatic carbocycles. The van der Waals surface area contributed by atoms with Gasteiger partial charge >= 0.3 is 0 Å². The molecule has 2 aromatic rings. The third-order valence-electron chi connectivity index (χ3n) is 4.39. The SMILES string of the molecule is Cc1cnc(NC(=O)[C@H](CC2CCCC2)n2nnc(S(C)(=O)=O)n2)cn1. The first-order valence-corrected chi connectivity index (χ1v) is 10.3. The van der Waals surface area contributed by atoms with Gasteiger partial charge in [-0.25, -0.2) is 13.4 Å². The van der Waals surface area contributed by atoms with Gasteiger partial charge in [-0.1, -0.05) is 30.8 Å². The fourth-order valence-electron chi connectivity index (χ4n) is 3.03. The van der Waals surface area contributed by atoms with Crippen molar-refractivity contribution < 1.29 is 13.2 Å². The van der Waals surface area contributed by atoms with Gasteiger partial charge in [0.2, 0.25) is 9.84 Å². The minimum Gasteiger partial charge on any atom is -0.307 e. The van der Waals surface area contributed by atoms with Crippen molar-refractivity contribution in [2.75, 3.05) is 11.6 Å². The molecule has 10 nitrogen and oxygen atoms in total. The lowest BCUT2D eigenvalue weighted by molar-refractivity contribution is -0.120. The molecule has 0 aliphatic heterocycles. The molecule has 26 heavy (non-hydrogen) atoms. The predicted octanol–water partition coefficient (Wildman–Crippen LogP) is 0.935. The molecule has 140 valence electrons. The summed E-state index contributed by atoms with van der Waals surface area (Å²) in [6.45, 7) is 1.80. The molecule has 1 aliphatic carbocycles. The maximum Gasteiger partial charge on any atom is 0.288 e. The quantitative estimate of drug-likeness (QED) is 0.784. The Balaban J connectivity index is 1.83. The first kappa shape index (κ1) is 18.4. The molecular weight excluding hydrogens is 358 g/mol. The maximum absolute atomic E-state index is 12.8. The lowest BCUT2D eigenvalue weighted by Gasteiger charge is -2.18. The Bertz CT molecular complexity index is 873. The van der Waals surface area contributed by atoms with Gasteiger partial charge in [-0.2, -0.15) is 4.80 Å². The van der Waals surface area contributed by atoms with Gasteiger partial charge in [0, 0.05) is 6.26 Å². The molecule has 0 radical (unpaired) electrons. The van der Waals surface area contributed by atoms with Crippen LogP contribution < -0.4 is 5.32 Å². The number of rotatable bonds is 6. The Morgan fingerprint density at radius 2 is 2.04 bits per heavy atom. The van der Waals surface area contributed by atoms with Crippen LogP contribution in [0, 0.1) is 12.8 Å². The monoisotopic (exact) mass is 379 g/mol. The van der Waals surface area contributed by atoms with Gasteiger partial charge in [0.15, 0.2) is 11.9 Å². The smallest absolute Gasteiger partial charge is 0.288 e. The highest BCUT2D eigenvalue weighted by Gasteiger charge is 2.30. The molecule has 0 bridgehead atoms. The fraction of sp³-hybridized carbons (Fsp3) is 0.600. The second-order valence-electron chi connectivity index (χ2n) is 6.60. The van der Waals surface area contributed by atoms with E-state index in [4.69, 9.17) is 0 Å². The zero-order valence-corrected chi connectivity index (χ0v) is 15.5. The van der Waals surface area contributed by atoms with Crippen LogP contribution in [0.25, 0.3) is 0 Å². The summed E-state index contributed by atoms with van der Waals surface area (Å²) < 4.78 is 23.2. The number of aromatic nitrogens is 6. The zero-order chi connectivity index (χ0) is 18.7. The molecule has 11 heteroatoms. The van der Waals surface area contributed by atoms with Crippen molar-refractivity contribution in [2.45, 2.75) is 50.2 Å². The van der Waals surface area contributed by atoms with E-state index in [2.05, 4.69) is 30.7 Å². The van der Waals surface area contributed by atoms with Crippen LogP contribution in [0.1, 0.15) is 43.8 Å². The lowest BCUT2D eigenvalue weighted by atomic mass is 9.98. The van der Waals surface area contributed by atoms with Crippen molar-refractivity contribution >= 4 is 21.6 Å². The van der Waals surface area contributed by atoms with E-state index in [9.17, 15) is 13.2 Å². The number of sulfone groups is 1. The number of nitrogens with zero attached hydrogens (tertiary/aromatic N) is 6. The number of hydrogen-bond donors (Lipinski definition) is 1. The summed E-state index contributed by atoms with van der Waals surface area (Å²) in [5.41, 5.74) is 0.737. The van der Waals surface area contributed by atoms with Gasteiger partial charge < -0.3 is 5.32 Å². The van der Waals surface area contributed by atoms with E-state index >= 15 is 0 Å². The number of hydrogen-bond acceptors (Lipinski definition) is 8. The Hall–Kier alpha value is -2.43. The maximum atomic E-state index is 12.8. The first-order valence-electron chi connectivity index (χ1n) is 8.42. The standard InChI is InChI=1S/C15H21N7O3S/c1-10-8-17-13(9-16-10)18-14(23)12(7-11-5-3-4-6-11)22-20-15(19-21-22)26(2,24)25/h8-9,11-12H,3-7H2,1-2H3,(H,17,18,23)/t12-/m0/s1. The molecule has 3 rings (SSSR count). The molecule has 2 aromatic heterocycles. The Morgan fingerprint density at radius 1 is 1.31 bits per heavy atom. The molecule has 1 aliphatic rings. The predicted molar refractivity (Wildman–Crippen MR) is 91.9 cm³/mol. The van der Waals surface area contributed by atoms with Gasteiger partial charge in [-0.3, -0.25) is 9.78 Å². The van der Waals surface area contributed by atoms with Gasteiger partial charge in [-0.15, -0.1) is 5.10 Å². The molecular formula is C15H21N7O3S. The van der Waals surface area contributed by atoms with Crippen LogP contribution in [0.3, 0.4) is 0 Å². The summed E-state index contributed by atoms with van der Waals surface area (Å²) in [5.74, 6) is 0.315. The van der Waals surface area contributed by atoms with E-state index in [0.717, 1.165) is 42.4 Å². The van der Waals surface area contributed by atoms with Crippen LogP contribution in [-0.2, 0) is 14.6 Å². The van der Waals surface area contributed by atoms with Crippen molar-refractivity contribution in [3.05, 3.63) is 18.1 Å².